The van der Waals surface area contributed by atoms with Crippen LogP contribution in [-0.2, 0) is 4.79 Å². The average molecular weight is 480 g/mol. The summed E-state index contributed by atoms with van der Waals surface area (Å²) >= 11 is 6.16. The van der Waals surface area contributed by atoms with Crippen molar-refractivity contribution in [2.45, 2.75) is 31.7 Å². The molecule has 4 aromatic rings. The molecule has 2 aromatic carbocycles. The number of nitrogens with zero attached hydrogens (tertiary/aromatic N) is 3. The Bertz CT molecular complexity index is 1560. The van der Waals surface area contributed by atoms with E-state index in [1.54, 1.807) is 47.0 Å². The fourth-order valence-electron chi connectivity index (χ4n) is 4.98. The molecule has 0 unspecified atom stereocenters. The minimum atomic E-state index is -0.876. The zero-order chi connectivity index (χ0) is 24.0. The molecule has 1 fully saturated rings. The maximum atomic E-state index is 14.0. The lowest BCUT2D eigenvalue weighted by atomic mass is 9.85. The molecule has 1 saturated carbocycles. The molecule has 8 nitrogen and oxygen atoms in total. The first-order valence-electron chi connectivity index (χ1n) is 11.0. The van der Waals surface area contributed by atoms with Crippen LogP contribution in [0.5, 0.6) is 5.75 Å². The predicted molar refractivity (Wildman–Crippen MR) is 129 cm³/mol. The second-order valence-electron chi connectivity index (χ2n) is 8.51. The second-order valence-corrected chi connectivity index (χ2v) is 8.94. The summed E-state index contributed by atoms with van der Waals surface area (Å²) in [6, 6.07) is 11.5. The topological polar surface area (TPSA) is 103 Å². The fraction of sp³-hybridized carbons (Fsp3) is 0.280. The molecule has 34 heavy (non-hydrogen) atoms. The molecule has 2 aromatic heterocycles. The number of benzene rings is 2. The van der Waals surface area contributed by atoms with E-state index in [9.17, 15) is 19.5 Å². The van der Waals surface area contributed by atoms with Gasteiger partial charge in [-0.15, -0.1) is 0 Å². The Morgan fingerprint density at radius 1 is 1.15 bits per heavy atom. The zero-order valence-corrected chi connectivity index (χ0v) is 19.2. The number of hydrogen-bond acceptors (Lipinski definition) is 5. The number of hydrogen-bond donors (Lipinski definition) is 1. The number of rotatable bonds is 4. The van der Waals surface area contributed by atoms with Crippen molar-refractivity contribution in [3.63, 3.8) is 0 Å². The Balaban J connectivity index is 1.91. The number of ether oxygens (including phenoxy) is 1. The molecule has 2 heterocycles. The highest BCUT2D eigenvalue weighted by atomic mass is 35.5. The van der Waals surface area contributed by atoms with Gasteiger partial charge in [-0.2, -0.15) is 0 Å². The summed E-state index contributed by atoms with van der Waals surface area (Å²) in [5.41, 5.74) is 0.256. The van der Waals surface area contributed by atoms with Gasteiger partial charge in [0.05, 0.1) is 29.6 Å². The molecule has 0 amide bonds. The first kappa shape index (κ1) is 22.2. The summed E-state index contributed by atoms with van der Waals surface area (Å²) in [6.45, 7) is 0. The summed E-state index contributed by atoms with van der Waals surface area (Å²) in [7, 11) is 1.53. The van der Waals surface area contributed by atoms with Crippen molar-refractivity contribution in [3.8, 4) is 11.4 Å². The summed E-state index contributed by atoms with van der Waals surface area (Å²) < 4.78 is 8.12. The van der Waals surface area contributed by atoms with Gasteiger partial charge in [-0.3, -0.25) is 19.1 Å². The van der Waals surface area contributed by atoms with Crippen LogP contribution in [0.4, 0.5) is 0 Å². The highest BCUT2D eigenvalue weighted by Gasteiger charge is 2.31. The number of pyridine rings is 1. The largest absolute Gasteiger partial charge is 0.494 e. The van der Waals surface area contributed by atoms with Crippen molar-refractivity contribution in [2.75, 3.05) is 7.11 Å². The average Bonchev–Trinajstić information content (AvgIpc) is 2.83. The van der Waals surface area contributed by atoms with Gasteiger partial charge in [0.1, 0.15) is 11.3 Å². The molecule has 1 aliphatic rings. The third kappa shape index (κ3) is 3.54. The summed E-state index contributed by atoms with van der Waals surface area (Å²) in [5.74, 6) is -0.919. The van der Waals surface area contributed by atoms with Gasteiger partial charge < -0.3 is 9.84 Å². The third-order valence-corrected chi connectivity index (χ3v) is 6.79. The molecular formula is C25H22ClN3O5. The Hall–Kier alpha value is -3.65. The van der Waals surface area contributed by atoms with E-state index < -0.39 is 29.2 Å². The number of aliphatic carboxylic acids is 1. The molecule has 5 rings (SSSR count). The van der Waals surface area contributed by atoms with E-state index >= 15 is 0 Å². The smallest absolute Gasteiger partial charge is 0.336 e. The first-order valence-corrected chi connectivity index (χ1v) is 11.4. The minimum Gasteiger partial charge on any atom is -0.494 e. The molecule has 0 radical (unpaired) electrons. The highest BCUT2D eigenvalue weighted by Crippen LogP contribution is 2.36. The molecule has 0 saturated heterocycles. The second kappa shape index (κ2) is 8.61. The van der Waals surface area contributed by atoms with E-state index in [0.29, 0.717) is 58.6 Å². The molecule has 1 N–H and O–H groups in total. The fourth-order valence-corrected chi connectivity index (χ4v) is 5.16. The number of halogens is 1. The molecule has 1 aliphatic carbocycles. The summed E-state index contributed by atoms with van der Waals surface area (Å²) in [6.07, 6.45) is 3.60. The van der Waals surface area contributed by atoms with Crippen LogP contribution in [0.3, 0.4) is 0 Å². The minimum absolute atomic E-state index is 0.262. The van der Waals surface area contributed by atoms with Crippen LogP contribution in [-0.4, -0.2) is 32.3 Å². The Morgan fingerprint density at radius 2 is 1.94 bits per heavy atom. The molecule has 0 spiro atoms. The normalized spacial score (nSPS) is 18.3. The summed E-state index contributed by atoms with van der Waals surface area (Å²) in [4.78, 5) is 43.8. The Labute approximate surface area is 199 Å². The van der Waals surface area contributed by atoms with Crippen LogP contribution in [0.1, 0.15) is 31.7 Å². The molecule has 9 heteroatoms. The number of carbonyl (C=O) groups is 1. The van der Waals surface area contributed by atoms with Gasteiger partial charge in [-0.25, -0.2) is 9.36 Å². The molecule has 0 bridgehead atoms. The van der Waals surface area contributed by atoms with E-state index in [4.69, 9.17) is 16.3 Å². The lowest BCUT2D eigenvalue weighted by Gasteiger charge is -2.30. The summed E-state index contributed by atoms with van der Waals surface area (Å²) in [5, 5.41) is 10.9. The van der Waals surface area contributed by atoms with Crippen LogP contribution >= 0.6 is 11.6 Å². The van der Waals surface area contributed by atoms with Crippen LogP contribution in [0.2, 0.25) is 5.02 Å². The molecule has 2 atom stereocenters. The van der Waals surface area contributed by atoms with Gasteiger partial charge in [0, 0.05) is 22.6 Å². The SMILES string of the molecule is COc1cccc2c1ncc1c(=O)n(-c3cccc(Cl)c3)c(=O)n([C@@H]3CCC[C@H](C(=O)O)C3)c12. The lowest BCUT2D eigenvalue weighted by Crippen LogP contribution is -2.42. The highest BCUT2D eigenvalue weighted by molar-refractivity contribution is 6.30. The van der Waals surface area contributed by atoms with Crippen LogP contribution in [0.25, 0.3) is 27.5 Å². The van der Waals surface area contributed by atoms with Crippen molar-refractivity contribution in [2.24, 2.45) is 5.92 Å². The lowest BCUT2D eigenvalue weighted by molar-refractivity contribution is -0.143. The molecular weight excluding hydrogens is 458 g/mol. The standard InChI is InChI=1S/C25H22ClN3O5/c1-34-20-10-4-9-18-21(20)27-13-19-22(18)28(16-7-2-5-14(11-16)24(31)32)25(33)29(23(19)30)17-8-3-6-15(26)12-17/h3-4,6,8-10,12-14,16H,2,5,7,11H2,1H3,(H,31,32)/t14-,16+/m0/s1. The molecule has 174 valence electrons. The number of para-hydroxylation sites is 1. The number of methoxy groups -OCH3 is 1. The Morgan fingerprint density at radius 3 is 2.68 bits per heavy atom. The van der Waals surface area contributed by atoms with Crippen molar-refractivity contribution >= 4 is 39.4 Å². The van der Waals surface area contributed by atoms with Gasteiger partial charge >= 0.3 is 11.7 Å². The van der Waals surface area contributed by atoms with Gasteiger partial charge in [0.25, 0.3) is 5.56 Å². The quantitative estimate of drug-likeness (QED) is 0.440. The van der Waals surface area contributed by atoms with E-state index in [1.807, 2.05) is 0 Å². The number of carboxylic acid groups (broad SMARTS) is 1. The predicted octanol–water partition coefficient (Wildman–Crippen LogP) is 4.18. The first-order chi connectivity index (χ1) is 16.4. The van der Waals surface area contributed by atoms with Crippen molar-refractivity contribution in [3.05, 3.63) is 74.5 Å². The van der Waals surface area contributed by atoms with Gasteiger partial charge in [-0.05, 0) is 43.5 Å². The van der Waals surface area contributed by atoms with Crippen molar-refractivity contribution in [1.82, 2.24) is 14.1 Å². The number of carboxylic acids is 1. The zero-order valence-electron chi connectivity index (χ0n) is 18.4. The van der Waals surface area contributed by atoms with E-state index in [2.05, 4.69) is 4.98 Å². The van der Waals surface area contributed by atoms with Crippen molar-refractivity contribution in [1.29, 1.82) is 0 Å². The van der Waals surface area contributed by atoms with Crippen molar-refractivity contribution < 1.29 is 14.6 Å². The Kier molecular flexibility index (Phi) is 5.61. The maximum Gasteiger partial charge on any atom is 0.336 e. The number of aromatic nitrogens is 3. The van der Waals surface area contributed by atoms with Gasteiger partial charge in [-0.1, -0.05) is 36.2 Å². The van der Waals surface area contributed by atoms with E-state index in [1.165, 1.54) is 13.3 Å². The maximum absolute atomic E-state index is 14.0. The van der Waals surface area contributed by atoms with Crippen LogP contribution < -0.4 is 16.0 Å². The van der Waals surface area contributed by atoms with Gasteiger partial charge in [0.15, 0.2) is 0 Å². The number of fused-ring (bicyclic) bond motifs is 3. The molecule has 0 aliphatic heterocycles. The van der Waals surface area contributed by atoms with E-state index in [-0.39, 0.29) is 5.39 Å². The van der Waals surface area contributed by atoms with E-state index in [0.717, 1.165) is 4.57 Å². The van der Waals surface area contributed by atoms with Crippen LogP contribution in [0, 0.1) is 5.92 Å². The van der Waals surface area contributed by atoms with Crippen LogP contribution in [0.15, 0.2) is 58.3 Å². The monoisotopic (exact) mass is 479 g/mol. The third-order valence-electron chi connectivity index (χ3n) is 6.55. The van der Waals surface area contributed by atoms with Gasteiger partial charge in [0.2, 0.25) is 0 Å².